The summed E-state index contributed by atoms with van der Waals surface area (Å²) in [5.41, 5.74) is 0.890. The maximum atomic E-state index is 12.1. The Morgan fingerprint density at radius 3 is 2.55 bits per heavy atom. The number of hydrogen-bond acceptors (Lipinski definition) is 3. The first-order valence-corrected chi connectivity index (χ1v) is 7.33. The predicted octanol–water partition coefficient (Wildman–Crippen LogP) is 3.73. The van der Waals surface area contributed by atoms with Crippen LogP contribution in [0.2, 0.25) is 5.02 Å². The fourth-order valence-corrected chi connectivity index (χ4v) is 3.06. The lowest BCUT2D eigenvalue weighted by atomic mass is 9.87. The summed E-state index contributed by atoms with van der Waals surface area (Å²) in [7, 11) is 0. The summed E-state index contributed by atoms with van der Waals surface area (Å²) in [6.07, 6.45) is 2.14. The van der Waals surface area contributed by atoms with Gasteiger partial charge < -0.3 is 9.47 Å². The van der Waals surface area contributed by atoms with Crippen molar-refractivity contribution in [3.8, 4) is 11.5 Å². The number of benzene rings is 1. The van der Waals surface area contributed by atoms with Gasteiger partial charge in [-0.05, 0) is 46.6 Å². The van der Waals surface area contributed by atoms with E-state index in [9.17, 15) is 4.79 Å². The molecule has 1 aromatic rings. The van der Waals surface area contributed by atoms with Crippen LogP contribution in [0.4, 0.5) is 0 Å². The van der Waals surface area contributed by atoms with Crippen molar-refractivity contribution < 1.29 is 14.3 Å². The van der Waals surface area contributed by atoms with Gasteiger partial charge in [0, 0.05) is 17.5 Å². The number of rotatable bonds is 0. The van der Waals surface area contributed by atoms with Crippen LogP contribution in [0.15, 0.2) is 6.07 Å². The summed E-state index contributed by atoms with van der Waals surface area (Å²) in [6, 6.07) is 1.81. The van der Waals surface area contributed by atoms with E-state index in [0.717, 1.165) is 29.7 Å². The van der Waals surface area contributed by atoms with Gasteiger partial charge in [0.05, 0.1) is 5.02 Å². The van der Waals surface area contributed by atoms with E-state index in [-0.39, 0.29) is 11.4 Å². The minimum atomic E-state index is -0.776. The topological polar surface area (TPSA) is 35.5 Å². The maximum absolute atomic E-state index is 12.1. The summed E-state index contributed by atoms with van der Waals surface area (Å²) in [5.74, 6) is 1.59. The van der Waals surface area contributed by atoms with Gasteiger partial charge in [-0.1, -0.05) is 11.6 Å². The summed E-state index contributed by atoms with van der Waals surface area (Å²) < 4.78 is 12.0. The first-order chi connectivity index (χ1) is 9.20. The number of hydrogen-bond donors (Lipinski definition) is 0. The molecule has 2 aliphatic heterocycles. The molecule has 20 heavy (non-hydrogen) atoms. The smallest absolute Gasteiger partial charge is 0.180 e. The van der Waals surface area contributed by atoms with Crippen molar-refractivity contribution in [2.75, 3.05) is 0 Å². The van der Waals surface area contributed by atoms with Crippen molar-refractivity contribution in [2.24, 2.45) is 0 Å². The van der Waals surface area contributed by atoms with Crippen molar-refractivity contribution in [1.82, 2.24) is 0 Å². The van der Waals surface area contributed by atoms with Crippen LogP contribution in [0.5, 0.6) is 11.5 Å². The Hall–Kier alpha value is -1.22. The van der Waals surface area contributed by atoms with Gasteiger partial charge in [-0.15, -0.1) is 0 Å². The lowest BCUT2D eigenvalue weighted by Crippen LogP contribution is -2.43. The highest BCUT2D eigenvalue weighted by Gasteiger charge is 2.39. The van der Waals surface area contributed by atoms with Crippen LogP contribution in [0, 0.1) is 0 Å². The summed E-state index contributed by atoms with van der Waals surface area (Å²) in [5, 5.41) is 0.572. The Labute approximate surface area is 124 Å². The second-order valence-corrected chi connectivity index (χ2v) is 7.14. The monoisotopic (exact) mass is 294 g/mol. The highest BCUT2D eigenvalue weighted by Crippen LogP contribution is 2.47. The molecule has 0 saturated carbocycles. The molecule has 0 amide bonds. The highest BCUT2D eigenvalue weighted by atomic mass is 35.5. The lowest BCUT2D eigenvalue weighted by molar-refractivity contribution is -0.132. The maximum Gasteiger partial charge on any atom is 0.180 e. The third-order valence-electron chi connectivity index (χ3n) is 4.09. The molecule has 108 valence electrons. The van der Waals surface area contributed by atoms with Crippen LogP contribution >= 0.6 is 11.6 Å². The van der Waals surface area contributed by atoms with E-state index >= 15 is 0 Å². The molecule has 0 N–H and O–H groups in total. The average molecular weight is 295 g/mol. The van der Waals surface area contributed by atoms with Gasteiger partial charge in [0.1, 0.15) is 17.1 Å². The molecule has 0 radical (unpaired) electrons. The summed E-state index contributed by atoms with van der Waals surface area (Å²) in [6.45, 7) is 7.74. The molecule has 3 nitrogen and oxygen atoms in total. The molecule has 0 saturated heterocycles. The van der Waals surface area contributed by atoms with Crippen LogP contribution in [-0.2, 0) is 17.6 Å². The van der Waals surface area contributed by atoms with E-state index < -0.39 is 5.60 Å². The molecule has 0 spiro atoms. The van der Waals surface area contributed by atoms with Crippen molar-refractivity contribution in [2.45, 2.75) is 58.2 Å². The van der Waals surface area contributed by atoms with Gasteiger partial charge in [-0.3, -0.25) is 4.79 Å². The Morgan fingerprint density at radius 2 is 1.85 bits per heavy atom. The molecule has 0 fully saturated rings. The standard InChI is InChI=1S/C16H19ClO3/c1-15(2)6-5-10-13-9(7-11(17)14(10)19-15)8-12(18)16(3,4)20-13/h7H,5-6,8H2,1-4H3. The van der Waals surface area contributed by atoms with E-state index in [0.29, 0.717) is 17.2 Å². The normalized spacial score (nSPS) is 22.4. The van der Waals surface area contributed by atoms with Gasteiger partial charge in [-0.2, -0.15) is 0 Å². The van der Waals surface area contributed by atoms with Crippen LogP contribution in [0.1, 0.15) is 45.2 Å². The Kier molecular flexibility index (Phi) is 2.85. The SMILES string of the molecule is CC1(C)CCc2c(c(Cl)cc3c2OC(C)(C)C(=O)C3)O1. The molecule has 0 aromatic heterocycles. The number of ether oxygens (including phenoxy) is 2. The van der Waals surface area contributed by atoms with Gasteiger partial charge in [0.2, 0.25) is 0 Å². The Balaban J connectivity index is 2.14. The first-order valence-electron chi connectivity index (χ1n) is 6.95. The second-order valence-electron chi connectivity index (χ2n) is 6.73. The largest absolute Gasteiger partial charge is 0.486 e. The predicted molar refractivity (Wildman–Crippen MR) is 77.9 cm³/mol. The number of Topliss-reactive ketones (excluding diaryl/α,β-unsaturated/α-hetero) is 1. The number of fused-ring (bicyclic) bond motifs is 3. The Morgan fingerprint density at radius 1 is 1.15 bits per heavy atom. The number of carbonyl (C=O) groups is 1. The summed E-state index contributed by atoms with van der Waals surface area (Å²) >= 11 is 6.33. The van der Waals surface area contributed by atoms with Gasteiger partial charge in [0.15, 0.2) is 11.4 Å². The van der Waals surface area contributed by atoms with Gasteiger partial charge in [0.25, 0.3) is 0 Å². The van der Waals surface area contributed by atoms with E-state index in [1.165, 1.54) is 0 Å². The molecule has 0 aliphatic carbocycles. The molecular formula is C16H19ClO3. The number of ketones is 1. The Bertz CT molecular complexity index is 602. The van der Waals surface area contributed by atoms with Crippen molar-refractivity contribution in [3.05, 3.63) is 22.2 Å². The van der Waals surface area contributed by atoms with Crippen molar-refractivity contribution >= 4 is 17.4 Å². The van der Waals surface area contributed by atoms with E-state index in [1.54, 1.807) is 0 Å². The quantitative estimate of drug-likeness (QED) is 0.731. The van der Waals surface area contributed by atoms with Gasteiger partial charge >= 0.3 is 0 Å². The lowest BCUT2D eigenvalue weighted by Gasteiger charge is -2.38. The zero-order valence-electron chi connectivity index (χ0n) is 12.3. The molecule has 2 heterocycles. The molecule has 0 atom stereocenters. The fraction of sp³-hybridized carbons (Fsp3) is 0.562. The minimum absolute atomic E-state index is 0.0816. The van der Waals surface area contributed by atoms with Crippen molar-refractivity contribution in [1.29, 1.82) is 0 Å². The minimum Gasteiger partial charge on any atom is -0.486 e. The zero-order chi connectivity index (χ0) is 14.7. The number of halogens is 1. The van der Waals surface area contributed by atoms with E-state index in [2.05, 4.69) is 13.8 Å². The molecule has 3 rings (SSSR count). The molecule has 4 heteroatoms. The zero-order valence-corrected chi connectivity index (χ0v) is 13.1. The third-order valence-corrected chi connectivity index (χ3v) is 4.37. The van der Waals surface area contributed by atoms with Crippen LogP contribution in [0.25, 0.3) is 0 Å². The van der Waals surface area contributed by atoms with Crippen LogP contribution in [-0.4, -0.2) is 17.0 Å². The van der Waals surface area contributed by atoms with Crippen LogP contribution < -0.4 is 9.47 Å². The van der Waals surface area contributed by atoms with E-state index in [4.69, 9.17) is 21.1 Å². The van der Waals surface area contributed by atoms with Gasteiger partial charge in [-0.25, -0.2) is 0 Å². The first kappa shape index (κ1) is 13.7. The van der Waals surface area contributed by atoms with E-state index in [1.807, 2.05) is 19.9 Å². The average Bonchev–Trinajstić information content (AvgIpc) is 2.32. The second kappa shape index (κ2) is 4.14. The van der Waals surface area contributed by atoms with Crippen LogP contribution in [0.3, 0.4) is 0 Å². The highest BCUT2D eigenvalue weighted by molar-refractivity contribution is 6.32. The fourth-order valence-electron chi connectivity index (χ4n) is 2.77. The molecule has 0 bridgehead atoms. The molecule has 1 aromatic carbocycles. The molecule has 0 unspecified atom stereocenters. The molecule has 2 aliphatic rings. The van der Waals surface area contributed by atoms with Crippen molar-refractivity contribution in [3.63, 3.8) is 0 Å². The summed E-state index contributed by atoms with van der Waals surface area (Å²) in [4.78, 5) is 12.1. The molecular weight excluding hydrogens is 276 g/mol. The number of carbonyl (C=O) groups excluding carboxylic acids is 1. The third kappa shape index (κ3) is 2.08.